The minimum absolute atomic E-state index is 0.0265. The fraction of sp³-hybridized carbons (Fsp3) is 0.280. The molecule has 3 aromatic rings. The molecule has 1 fully saturated rings. The number of methoxy groups -OCH3 is 1. The van der Waals surface area contributed by atoms with Gasteiger partial charge < -0.3 is 15.0 Å². The van der Waals surface area contributed by atoms with Gasteiger partial charge in [-0.25, -0.2) is 0 Å². The number of nitrogens with one attached hydrogen (secondary N) is 1. The number of likely N-dealkylation sites (tertiary alicyclic amines) is 1. The van der Waals surface area contributed by atoms with Crippen molar-refractivity contribution in [2.24, 2.45) is 5.92 Å². The summed E-state index contributed by atoms with van der Waals surface area (Å²) < 4.78 is 5.44. The molecular formula is C25H26N2O3. The summed E-state index contributed by atoms with van der Waals surface area (Å²) in [6.07, 6.45) is 1.59. The predicted molar refractivity (Wildman–Crippen MR) is 119 cm³/mol. The lowest BCUT2D eigenvalue weighted by atomic mass is 9.95. The number of carbonyl (C=O) groups is 2. The summed E-state index contributed by atoms with van der Waals surface area (Å²) in [6, 6.07) is 19.2. The van der Waals surface area contributed by atoms with E-state index in [2.05, 4.69) is 5.32 Å². The van der Waals surface area contributed by atoms with Gasteiger partial charge in [0.25, 0.3) is 5.91 Å². The minimum Gasteiger partial charge on any atom is -0.496 e. The normalized spacial score (nSPS) is 16.3. The summed E-state index contributed by atoms with van der Waals surface area (Å²) in [7, 11) is 1.63. The molecule has 0 aliphatic carbocycles. The quantitative estimate of drug-likeness (QED) is 0.691. The third kappa shape index (κ3) is 3.88. The molecule has 0 saturated carbocycles. The molecule has 0 aromatic heterocycles. The van der Waals surface area contributed by atoms with Crippen LogP contribution < -0.4 is 10.1 Å². The number of benzene rings is 3. The average Bonchev–Trinajstić information content (AvgIpc) is 2.79. The van der Waals surface area contributed by atoms with E-state index < -0.39 is 0 Å². The summed E-state index contributed by atoms with van der Waals surface area (Å²) in [5.41, 5.74) is 2.50. The van der Waals surface area contributed by atoms with E-state index in [4.69, 9.17) is 4.74 Å². The number of carbonyl (C=O) groups excluding carboxylic acids is 2. The molecule has 30 heavy (non-hydrogen) atoms. The smallest absolute Gasteiger partial charge is 0.254 e. The lowest BCUT2D eigenvalue weighted by molar-refractivity contribution is -0.121. The molecule has 4 rings (SSSR count). The molecule has 1 aliphatic rings. The van der Waals surface area contributed by atoms with Crippen molar-refractivity contribution < 1.29 is 14.3 Å². The zero-order valence-electron chi connectivity index (χ0n) is 17.4. The first kappa shape index (κ1) is 20.0. The van der Waals surface area contributed by atoms with Crippen molar-refractivity contribution >= 4 is 28.3 Å². The van der Waals surface area contributed by atoms with Crippen molar-refractivity contribution in [2.45, 2.75) is 19.8 Å². The first-order valence-electron chi connectivity index (χ1n) is 10.3. The van der Waals surface area contributed by atoms with E-state index >= 15 is 0 Å². The van der Waals surface area contributed by atoms with Crippen molar-refractivity contribution in [1.29, 1.82) is 0 Å². The number of anilines is 1. The maximum absolute atomic E-state index is 13.3. The molecule has 154 valence electrons. The molecule has 3 aromatic carbocycles. The largest absolute Gasteiger partial charge is 0.496 e. The van der Waals surface area contributed by atoms with Gasteiger partial charge in [-0.15, -0.1) is 0 Å². The van der Waals surface area contributed by atoms with Crippen LogP contribution in [0.2, 0.25) is 0 Å². The predicted octanol–water partition coefficient (Wildman–Crippen LogP) is 4.65. The third-order valence-corrected chi connectivity index (χ3v) is 5.82. The molecule has 0 bridgehead atoms. The van der Waals surface area contributed by atoms with Gasteiger partial charge in [0.05, 0.1) is 13.0 Å². The third-order valence-electron chi connectivity index (χ3n) is 5.82. The Bertz CT molecular complexity index is 1090. The van der Waals surface area contributed by atoms with Gasteiger partial charge in [0.1, 0.15) is 5.75 Å². The van der Waals surface area contributed by atoms with Crippen molar-refractivity contribution in [3.63, 3.8) is 0 Å². The zero-order chi connectivity index (χ0) is 21.1. The fourth-order valence-corrected chi connectivity index (χ4v) is 4.13. The van der Waals surface area contributed by atoms with E-state index in [1.807, 2.05) is 67.6 Å². The molecule has 2 amide bonds. The van der Waals surface area contributed by atoms with Crippen LogP contribution >= 0.6 is 0 Å². The van der Waals surface area contributed by atoms with Crippen molar-refractivity contribution in [3.05, 3.63) is 71.8 Å². The number of para-hydroxylation sites is 1. The minimum atomic E-state index is -0.216. The van der Waals surface area contributed by atoms with Gasteiger partial charge in [0, 0.05) is 29.7 Å². The summed E-state index contributed by atoms with van der Waals surface area (Å²) >= 11 is 0. The van der Waals surface area contributed by atoms with Crippen LogP contribution in [0.4, 0.5) is 5.69 Å². The monoisotopic (exact) mass is 402 g/mol. The second-order valence-corrected chi connectivity index (χ2v) is 7.76. The summed E-state index contributed by atoms with van der Waals surface area (Å²) in [4.78, 5) is 28.0. The SMILES string of the molecule is COc1ccc(C(=O)N2CCCC(C(=O)Nc3ccccc3C)C2)c2ccccc12. The van der Waals surface area contributed by atoms with Crippen LogP contribution in [-0.4, -0.2) is 36.9 Å². The second-order valence-electron chi connectivity index (χ2n) is 7.76. The second kappa shape index (κ2) is 8.57. The highest BCUT2D eigenvalue weighted by molar-refractivity contribution is 6.08. The Morgan fingerprint density at radius 3 is 2.50 bits per heavy atom. The van der Waals surface area contributed by atoms with Crippen LogP contribution in [0, 0.1) is 12.8 Å². The molecule has 1 heterocycles. The number of rotatable bonds is 4. The van der Waals surface area contributed by atoms with Gasteiger partial charge in [-0.05, 0) is 48.9 Å². The van der Waals surface area contributed by atoms with E-state index in [1.165, 1.54) is 0 Å². The summed E-state index contributed by atoms with van der Waals surface area (Å²) in [5, 5.41) is 4.81. The lowest BCUT2D eigenvalue weighted by Gasteiger charge is -2.32. The average molecular weight is 402 g/mol. The van der Waals surface area contributed by atoms with Crippen molar-refractivity contribution in [2.75, 3.05) is 25.5 Å². The molecular weight excluding hydrogens is 376 g/mol. The Hall–Kier alpha value is -3.34. The molecule has 1 unspecified atom stereocenters. The molecule has 0 spiro atoms. The van der Waals surface area contributed by atoms with Gasteiger partial charge >= 0.3 is 0 Å². The van der Waals surface area contributed by atoms with Crippen molar-refractivity contribution in [1.82, 2.24) is 4.90 Å². The van der Waals surface area contributed by atoms with E-state index in [1.54, 1.807) is 12.0 Å². The highest BCUT2D eigenvalue weighted by atomic mass is 16.5. The van der Waals surface area contributed by atoms with Gasteiger partial charge in [-0.1, -0.05) is 42.5 Å². The number of ether oxygens (including phenoxy) is 1. The highest BCUT2D eigenvalue weighted by Gasteiger charge is 2.30. The van der Waals surface area contributed by atoms with Crippen LogP contribution in [0.15, 0.2) is 60.7 Å². The first-order valence-corrected chi connectivity index (χ1v) is 10.3. The number of amides is 2. The van der Waals surface area contributed by atoms with E-state index in [-0.39, 0.29) is 17.7 Å². The summed E-state index contributed by atoms with van der Waals surface area (Å²) in [6.45, 7) is 3.06. The molecule has 1 aliphatic heterocycles. The Balaban J connectivity index is 1.54. The molecule has 5 nitrogen and oxygen atoms in total. The topological polar surface area (TPSA) is 58.6 Å². The number of fused-ring (bicyclic) bond motifs is 1. The standard InChI is InChI=1S/C25H26N2O3/c1-17-8-3-6-12-22(17)26-24(28)18-9-7-15-27(16-18)25(29)21-13-14-23(30-2)20-11-5-4-10-19(20)21/h3-6,8,10-14,18H,7,9,15-16H2,1-2H3,(H,26,28). The number of hydrogen-bond donors (Lipinski definition) is 1. The Morgan fingerprint density at radius 1 is 1.00 bits per heavy atom. The first-order chi connectivity index (χ1) is 14.6. The Kier molecular flexibility index (Phi) is 5.70. The van der Waals surface area contributed by atoms with E-state index in [9.17, 15) is 9.59 Å². The molecule has 1 N–H and O–H groups in total. The Morgan fingerprint density at radius 2 is 1.73 bits per heavy atom. The van der Waals surface area contributed by atoms with Crippen LogP contribution in [0.3, 0.4) is 0 Å². The van der Waals surface area contributed by atoms with Crippen LogP contribution in [0.1, 0.15) is 28.8 Å². The molecule has 5 heteroatoms. The highest BCUT2D eigenvalue weighted by Crippen LogP contribution is 2.30. The molecule has 1 saturated heterocycles. The van der Waals surface area contributed by atoms with E-state index in [0.717, 1.165) is 40.6 Å². The number of piperidine rings is 1. The molecule has 1 atom stereocenters. The number of nitrogens with zero attached hydrogens (tertiary/aromatic N) is 1. The van der Waals surface area contributed by atoms with Gasteiger partial charge in [-0.2, -0.15) is 0 Å². The van der Waals surface area contributed by atoms with Crippen molar-refractivity contribution in [3.8, 4) is 5.75 Å². The van der Waals surface area contributed by atoms with Crippen LogP contribution in [-0.2, 0) is 4.79 Å². The Labute approximate surface area is 176 Å². The van der Waals surface area contributed by atoms with Gasteiger partial charge in [-0.3, -0.25) is 9.59 Å². The lowest BCUT2D eigenvalue weighted by Crippen LogP contribution is -2.43. The van der Waals surface area contributed by atoms with Gasteiger partial charge in [0.15, 0.2) is 0 Å². The fourth-order valence-electron chi connectivity index (χ4n) is 4.13. The maximum Gasteiger partial charge on any atom is 0.254 e. The van der Waals surface area contributed by atoms with E-state index in [0.29, 0.717) is 18.7 Å². The van der Waals surface area contributed by atoms with Crippen LogP contribution in [0.25, 0.3) is 10.8 Å². The van der Waals surface area contributed by atoms with Crippen LogP contribution in [0.5, 0.6) is 5.75 Å². The molecule has 0 radical (unpaired) electrons. The number of aryl methyl sites for hydroxylation is 1. The summed E-state index contributed by atoms with van der Waals surface area (Å²) in [5.74, 6) is 0.465. The maximum atomic E-state index is 13.3. The zero-order valence-corrected chi connectivity index (χ0v) is 17.4. The van der Waals surface area contributed by atoms with Gasteiger partial charge in [0.2, 0.25) is 5.91 Å². The number of hydrogen-bond acceptors (Lipinski definition) is 3.